The fourth-order valence-corrected chi connectivity index (χ4v) is 3.62. The highest BCUT2D eigenvalue weighted by Crippen LogP contribution is 2.34. The Balaban J connectivity index is 2.26. The molecule has 0 spiro atoms. The normalized spacial score (nSPS) is 19.8. The van der Waals surface area contributed by atoms with Crippen molar-refractivity contribution >= 4 is 23.4 Å². The van der Waals surface area contributed by atoms with Gasteiger partial charge in [-0.25, -0.2) is 0 Å². The van der Waals surface area contributed by atoms with E-state index < -0.39 is 0 Å². The molecule has 0 saturated heterocycles. The molecule has 1 amide bonds. The maximum atomic E-state index is 11.9. The first-order chi connectivity index (χ1) is 8.59. The van der Waals surface area contributed by atoms with Crippen molar-refractivity contribution in [1.82, 2.24) is 0 Å². The van der Waals surface area contributed by atoms with Crippen molar-refractivity contribution in [2.45, 2.75) is 32.6 Å². The van der Waals surface area contributed by atoms with Crippen molar-refractivity contribution in [2.75, 3.05) is 10.7 Å². The fraction of sp³-hybridized carbons (Fsp3) is 0.400. The number of benzene rings is 1. The van der Waals surface area contributed by atoms with Crippen LogP contribution in [0.25, 0.3) is 0 Å². The molecule has 1 aromatic carbocycles. The first-order valence-electron chi connectivity index (χ1n) is 6.21. The highest BCUT2D eigenvalue weighted by molar-refractivity contribution is 8.00. The molecule has 0 saturated carbocycles. The van der Waals surface area contributed by atoms with Crippen LogP contribution >= 0.6 is 11.8 Å². The lowest BCUT2D eigenvalue weighted by molar-refractivity contribution is -0.116. The quantitative estimate of drug-likeness (QED) is 0.754. The van der Waals surface area contributed by atoms with Gasteiger partial charge < -0.3 is 0 Å². The maximum Gasteiger partial charge on any atom is 0.224 e. The van der Waals surface area contributed by atoms with Gasteiger partial charge in [0, 0.05) is 18.4 Å². The van der Waals surface area contributed by atoms with E-state index >= 15 is 0 Å². The minimum absolute atomic E-state index is 0.117. The zero-order valence-electron chi connectivity index (χ0n) is 11.1. The first kappa shape index (κ1) is 13.2. The number of hydrogen-bond donors (Lipinski definition) is 0. The highest BCUT2D eigenvalue weighted by atomic mass is 32.2. The Morgan fingerprint density at radius 3 is 2.44 bits per heavy atom. The van der Waals surface area contributed by atoms with Crippen LogP contribution < -0.4 is 4.90 Å². The summed E-state index contributed by atoms with van der Waals surface area (Å²) in [6.45, 7) is 6.00. The van der Waals surface area contributed by atoms with Crippen LogP contribution in [0.3, 0.4) is 0 Å². The van der Waals surface area contributed by atoms with Gasteiger partial charge in [-0.3, -0.25) is 9.69 Å². The lowest BCUT2D eigenvalue weighted by Gasteiger charge is -2.34. The summed E-state index contributed by atoms with van der Waals surface area (Å²) < 4.78 is 0. The highest BCUT2D eigenvalue weighted by Gasteiger charge is 2.26. The van der Waals surface area contributed by atoms with E-state index in [0.29, 0.717) is 0 Å². The molecule has 1 aliphatic heterocycles. The van der Waals surface area contributed by atoms with E-state index in [1.165, 1.54) is 11.1 Å². The molecule has 2 nitrogen and oxygen atoms in total. The smallest absolute Gasteiger partial charge is 0.224 e. The van der Waals surface area contributed by atoms with Crippen molar-refractivity contribution in [2.24, 2.45) is 0 Å². The molecule has 0 N–H and O–H groups in total. The summed E-state index contributed by atoms with van der Waals surface area (Å²) in [4.78, 5) is 13.8. The minimum atomic E-state index is 0.117. The Labute approximate surface area is 113 Å². The van der Waals surface area contributed by atoms with Crippen LogP contribution in [0.4, 0.5) is 5.69 Å². The summed E-state index contributed by atoms with van der Waals surface area (Å²) in [5.74, 6) is 1.14. The molecule has 1 heterocycles. The summed E-state index contributed by atoms with van der Waals surface area (Å²) in [5, 5.41) is 0.230. The number of hydrogen-bond acceptors (Lipinski definition) is 2. The predicted octanol–water partition coefficient (Wildman–Crippen LogP) is 3.84. The van der Waals surface area contributed by atoms with Crippen LogP contribution in [0.2, 0.25) is 0 Å². The average Bonchev–Trinajstić information content (AvgIpc) is 2.35. The molecule has 96 valence electrons. The lowest BCUT2D eigenvalue weighted by atomic mass is 10.1. The number of amides is 1. The van der Waals surface area contributed by atoms with Gasteiger partial charge in [0.2, 0.25) is 5.91 Å². The topological polar surface area (TPSA) is 20.3 Å². The molecule has 0 aliphatic carbocycles. The van der Waals surface area contributed by atoms with E-state index in [2.05, 4.69) is 13.8 Å². The van der Waals surface area contributed by atoms with Gasteiger partial charge in [-0.1, -0.05) is 29.3 Å². The van der Waals surface area contributed by atoms with Crippen molar-refractivity contribution in [1.29, 1.82) is 0 Å². The molecule has 2 rings (SSSR count). The van der Waals surface area contributed by atoms with Crippen molar-refractivity contribution in [3.8, 4) is 0 Å². The van der Waals surface area contributed by atoms with E-state index in [-0.39, 0.29) is 11.3 Å². The van der Waals surface area contributed by atoms with Gasteiger partial charge >= 0.3 is 0 Å². The number of carbonyl (C=O) groups is 1. The number of thioether (sulfide) groups is 1. The van der Waals surface area contributed by atoms with E-state index in [0.717, 1.165) is 17.9 Å². The maximum absolute atomic E-state index is 11.9. The molecular formula is C15H19NOS. The fourth-order valence-electron chi connectivity index (χ4n) is 2.14. The third kappa shape index (κ3) is 2.78. The standard InChI is InChI=1S/C15H19NOS/c1-11-9-15(18-10-12(11)2)16(13(3)17)14-7-5-4-6-8-14/h4-8,15H,9-10H2,1-3H3. The van der Waals surface area contributed by atoms with Gasteiger partial charge in [0.05, 0.1) is 5.37 Å². The second kappa shape index (κ2) is 5.61. The zero-order valence-corrected chi connectivity index (χ0v) is 12.0. The van der Waals surface area contributed by atoms with Crippen LogP contribution in [0.1, 0.15) is 27.2 Å². The number of para-hydroxylation sites is 1. The Bertz CT molecular complexity index is 467. The SMILES string of the molecule is CC(=O)N(c1ccccc1)C1CC(C)=C(C)CS1. The summed E-state index contributed by atoms with van der Waals surface area (Å²) in [7, 11) is 0. The predicted molar refractivity (Wildman–Crippen MR) is 78.8 cm³/mol. The van der Waals surface area contributed by atoms with Gasteiger partial charge in [-0.2, -0.15) is 0 Å². The van der Waals surface area contributed by atoms with Gasteiger partial charge in [0.1, 0.15) is 0 Å². The zero-order chi connectivity index (χ0) is 13.1. The van der Waals surface area contributed by atoms with Gasteiger partial charge in [0.15, 0.2) is 0 Å². The van der Waals surface area contributed by atoms with Crippen LogP contribution in [-0.2, 0) is 4.79 Å². The molecular weight excluding hydrogens is 242 g/mol. The third-order valence-electron chi connectivity index (χ3n) is 3.36. The lowest BCUT2D eigenvalue weighted by Crippen LogP contribution is -2.38. The molecule has 1 unspecified atom stereocenters. The van der Waals surface area contributed by atoms with Gasteiger partial charge in [0.25, 0.3) is 0 Å². The van der Waals surface area contributed by atoms with Crippen LogP contribution in [-0.4, -0.2) is 17.0 Å². The van der Waals surface area contributed by atoms with E-state index in [1.807, 2.05) is 47.0 Å². The first-order valence-corrected chi connectivity index (χ1v) is 7.26. The third-order valence-corrected chi connectivity index (χ3v) is 4.73. The largest absolute Gasteiger partial charge is 0.300 e. The summed E-state index contributed by atoms with van der Waals surface area (Å²) in [5.41, 5.74) is 3.86. The molecule has 0 radical (unpaired) electrons. The Hall–Kier alpha value is -1.22. The second-order valence-electron chi connectivity index (χ2n) is 4.76. The van der Waals surface area contributed by atoms with Crippen LogP contribution in [0, 0.1) is 0 Å². The molecule has 0 aromatic heterocycles. The molecule has 1 aliphatic rings. The monoisotopic (exact) mass is 261 g/mol. The molecule has 1 atom stereocenters. The Morgan fingerprint density at radius 1 is 1.22 bits per heavy atom. The Morgan fingerprint density at radius 2 is 1.89 bits per heavy atom. The summed E-state index contributed by atoms with van der Waals surface area (Å²) >= 11 is 1.85. The van der Waals surface area contributed by atoms with E-state index in [4.69, 9.17) is 0 Å². The molecule has 1 aromatic rings. The second-order valence-corrected chi connectivity index (χ2v) is 5.92. The molecule has 18 heavy (non-hydrogen) atoms. The number of nitrogens with zero attached hydrogens (tertiary/aromatic N) is 1. The van der Waals surface area contributed by atoms with E-state index in [9.17, 15) is 4.79 Å². The van der Waals surface area contributed by atoms with Crippen molar-refractivity contribution in [3.63, 3.8) is 0 Å². The Kier molecular flexibility index (Phi) is 4.12. The van der Waals surface area contributed by atoms with Crippen molar-refractivity contribution < 1.29 is 4.79 Å². The van der Waals surface area contributed by atoms with Gasteiger partial charge in [-0.05, 0) is 32.4 Å². The van der Waals surface area contributed by atoms with Crippen molar-refractivity contribution in [3.05, 3.63) is 41.5 Å². The summed E-state index contributed by atoms with van der Waals surface area (Å²) in [6, 6.07) is 9.94. The summed E-state index contributed by atoms with van der Waals surface area (Å²) in [6.07, 6.45) is 0.963. The number of carbonyl (C=O) groups excluding carboxylic acids is 1. The average molecular weight is 261 g/mol. The molecule has 0 fully saturated rings. The number of rotatable bonds is 2. The van der Waals surface area contributed by atoms with E-state index in [1.54, 1.807) is 6.92 Å². The van der Waals surface area contributed by atoms with Crippen LogP contribution in [0.5, 0.6) is 0 Å². The molecule has 3 heteroatoms. The number of anilines is 1. The molecule has 0 bridgehead atoms. The minimum Gasteiger partial charge on any atom is -0.300 e. The van der Waals surface area contributed by atoms with Gasteiger partial charge in [-0.15, -0.1) is 11.8 Å². The van der Waals surface area contributed by atoms with Crippen LogP contribution in [0.15, 0.2) is 41.5 Å².